The number of fused-ring (bicyclic) bond motifs is 2. The first-order chi connectivity index (χ1) is 10.3. The lowest BCUT2D eigenvalue weighted by Gasteiger charge is -2.28. The highest BCUT2D eigenvalue weighted by atomic mass is 15.3. The molecule has 104 valence electrons. The van der Waals surface area contributed by atoms with Crippen LogP contribution < -0.4 is 10.6 Å². The Labute approximate surface area is 122 Å². The lowest BCUT2D eigenvalue weighted by molar-refractivity contribution is 0.702. The van der Waals surface area contributed by atoms with Crippen LogP contribution in [-0.2, 0) is 13.0 Å². The van der Waals surface area contributed by atoms with Crippen LogP contribution in [0.3, 0.4) is 0 Å². The Kier molecular flexibility index (Phi) is 2.70. The van der Waals surface area contributed by atoms with Crippen LogP contribution in [0, 0.1) is 0 Å². The van der Waals surface area contributed by atoms with E-state index in [9.17, 15) is 0 Å². The highest BCUT2D eigenvalue weighted by Crippen LogP contribution is 2.24. The summed E-state index contributed by atoms with van der Waals surface area (Å²) in [6.45, 7) is 1.68. The fourth-order valence-electron chi connectivity index (χ4n) is 2.75. The van der Waals surface area contributed by atoms with Gasteiger partial charge in [-0.15, -0.1) is 10.2 Å². The number of hydrogen-bond acceptors (Lipinski definition) is 5. The summed E-state index contributed by atoms with van der Waals surface area (Å²) in [4.78, 5) is 6.77. The van der Waals surface area contributed by atoms with Gasteiger partial charge in [0.15, 0.2) is 0 Å². The third-order valence-corrected chi connectivity index (χ3v) is 3.87. The summed E-state index contributed by atoms with van der Waals surface area (Å²) in [6.07, 6.45) is 0.978. The van der Waals surface area contributed by atoms with E-state index in [4.69, 9.17) is 5.73 Å². The molecule has 2 aromatic carbocycles. The van der Waals surface area contributed by atoms with E-state index in [0.29, 0.717) is 5.95 Å². The Morgan fingerprint density at radius 2 is 1.81 bits per heavy atom. The molecule has 4 rings (SSSR count). The third kappa shape index (κ3) is 2.16. The Morgan fingerprint density at radius 1 is 0.952 bits per heavy atom. The van der Waals surface area contributed by atoms with Crippen molar-refractivity contribution in [2.75, 3.05) is 17.2 Å². The molecule has 1 aromatic heterocycles. The summed E-state index contributed by atoms with van der Waals surface area (Å²) in [7, 11) is 0. The van der Waals surface area contributed by atoms with Crippen molar-refractivity contribution in [2.24, 2.45) is 0 Å². The van der Waals surface area contributed by atoms with E-state index >= 15 is 0 Å². The zero-order valence-corrected chi connectivity index (χ0v) is 11.5. The summed E-state index contributed by atoms with van der Waals surface area (Å²) in [5.74, 6) is 0.682. The predicted molar refractivity (Wildman–Crippen MR) is 82.9 cm³/mol. The van der Waals surface area contributed by atoms with Crippen LogP contribution in [0.1, 0.15) is 11.1 Å². The third-order valence-electron chi connectivity index (χ3n) is 3.87. The molecule has 1 aliphatic heterocycles. The minimum atomic E-state index is 0.682. The second kappa shape index (κ2) is 4.70. The minimum Gasteiger partial charge on any atom is -0.399 e. The van der Waals surface area contributed by atoms with E-state index < -0.39 is 0 Å². The molecule has 3 aromatic rings. The van der Waals surface area contributed by atoms with Gasteiger partial charge < -0.3 is 10.6 Å². The molecule has 0 unspecified atom stereocenters. The molecule has 0 saturated carbocycles. The average Bonchev–Trinajstić information content (AvgIpc) is 2.53. The Bertz CT molecular complexity index is 815. The summed E-state index contributed by atoms with van der Waals surface area (Å²) in [5, 5.41) is 8.51. The standard InChI is InChI=1S/C16H15N5/c17-13-6-5-11-7-8-21(10-12(11)9-13)16-18-14-3-1-2-4-15(14)19-20-16/h1-6,9H,7-8,10,17H2. The lowest BCUT2D eigenvalue weighted by atomic mass is 9.99. The van der Waals surface area contributed by atoms with Crippen molar-refractivity contribution in [3.05, 3.63) is 53.6 Å². The molecule has 1 aliphatic rings. The van der Waals surface area contributed by atoms with Crippen molar-refractivity contribution in [2.45, 2.75) is 13.0 Å². The number of aromatic nitrogens is 3. The fourth-order valence-corrected chi connectivity index (χ4v) is 2.75. The molecule has 0 saturated heterocycles. The van der Waals surface area contributed by atoms with Crippen LogP contribution in [0.4, 0.5) is 11.6 Å². The van der Waals surface area contributed by atoms with E-state index in [0.717, 1.165) is 36.2 Å². The van der Waals surface area contributed by atoms with Crippen molar-refractivity contribution >= 4 is 22.7 Å². The molecule has 0 radical (unpaired) electrons. The molecule has 0 spiro atoms. The van der Waals surface area contributed by atoms with Crippen LogP contribution in [-0.4, -0.2) is 21.7 Å². The lowest BCUT2D eigenvalue weighted by Crippen LogP contribution is -2.32. The first-order valence-corrected chi connectivity index (χ1v) is 7.01. The molecule has 5 nitrogen and oxygen atoms in total. The average molecular weight is 277 g/mol. The molecule has 0 aliphatic carbocycles. The van der Waals surface area contributed by atoms with Crippen LogP contribution >= 0.6 is 0 Å². The zero-order valence-electron chi connectivity index (χ0n) is 11.5. The minimum absolute atomic E-state index is 0.682. The largest absolute Gasteiger partial charge is 0.399 e. The Hall–Kier alpha value is -2.69. The number of nitrogens with zero attached hydrogens (tertiary/aromatic N) is 4. The van der Waals surface area contributed by atoms with Crippen molar-refractivity contribution in [1.82, 2.24) is 15.2 Å². The molecule has 2 N–H and O–H groups in total. The van der Waals surface area contributed by atoms with Gasteiger partial charge in [-0.2, -0.15) is 0 Å². The van der Waals surface area contributed by atoms with E-state index in [1.807, 2.05) is 36.4 Å². The summed E-state index contributed by atoms with van der Waals surface area (Å²) in [6, 6.07) is 13.9. The molecule has 5 heteroatoms. The van der Waals surface area contributed by atoms with E-state index in [1.165, 1.54) is 11.1 Å². The molecule has 0 atom stereocenters. The van der Waals surface area contributed by atoms with Crippen LogP contribution in [0.25, 0.3) is 11.0 Å². The van der Waals surface area contributed by atoms with Gasteiger partial charge in [0.1, 0.15) is 5.52 Å². The Balaban J connectivity index is 1.70. The first-order valence-electron chi connectivity index (χ1n) is 7.01. The van der Waals surface area contributed by atoms with Gasteiger partial charge in [-0.05, 0) is 41.8 Å². The number of anilines is 2. The molecule has 21 heavy (non-hydrogen) atoms. The molecule has 0 bridgehead atoms. The van der Waals surface area contributed by atoms with E-state index in [2.05, 4.69) is 26.1 Å². The monoisotopic (exact) mass is 277 g/mol. The number of para-hydroxylation sites is 1. The van der Waals surface area contributed by atoms with Gasteiger partial charge in [-0.25, -0.2) is 4.98 Å². The smallest absolute Gasteiger partial charge is 0.246 e. The van der Waals surface area contributed by atoms with Gasteiger partial charge in [-0.3, -0.25) is 0 Å². The molecular formula is C16H15N5. The normalized spacial score (nSPS) is 14.2. The van der Waals surface area contributed by atoms with Gasteiger partial charge in [0.2, 0.25) is 5.95 Å². The maximum absolute atomic E-state index is 5.88. The van der Waals surface area contributed by atoms with E-state index in [1.54, 1.807) is 0 Å². The van der Waals surface area contributed by atoms with Gasteiger partial charge in [-0.1, -0.05) is 18.2 Å². The van der Waals surface area contributed by atoms with Crippen molar-refractivity contribution in [1.29, 1.82) is 0 Å². The highest BCUT2D eigenvalue weighted by Gasteiger charge is 2.19. The Morgan fingerprint density at radius 3 is 2.71 bits per heavy atom. The van der Waals surface area contributed by atoms with Crippen LogP contribution in [0.5, 0.6) is 0 Å². The number of nitrogen functional groups attached to an aromatic ring is 1. The second-order valence-corrected chi connectivity index (χ2v) is 5.30. The molecule has 0 amide bonds. The van der Waals surface area contributed by atoms with Gasteiger partial charge in [0.05, 0.1) is 5.52 Å². The summed E-state index contributed by atoms with van der Waals surface area (Å²) >= 11 is 0. The number of nitrogens with two attached hydrogens (primary N) is 1. The number of benzene rings is 2. The van der Waals surface area contributed by atoms with Gasteiger partial charge in [0, 0.05) is 18.8 Å². The quantitative estimate of drug-likeness (QED) is 0.690. The van der Waals surface area contributed by atoms with Crippen molar-refractivity contribution in [3.63, 3.8) is 0 Å². The summed E-state index contributed by atoms with van der Waals surface area (Å²) in [5.41, 5.74) is 11.0. The van der Waals surface area contributed by atoms with E-state index in [-0.39, 0.29) is 0 Å². The molecular weight excluding hydrogens is 262 g/mol. The summed E-state index contributed by atoms with van der Waals surface area (Å²) < 4.78 is 0. The first kappa shape index (κ1) is 12.1. The predicted octanol–water partition coefficient (Wildman–Crippen LogP) is 2.17. The highest BCUT2D eigenvalue weighted by molar-refractivity contribution is 5.74. The van der Waals surface area contributed by atoms with Gasteiger partial charge >= 0.3 is 0 Å². The topological polar surface area (TPSA) is 67.9 Å². The maximum atomic E-state index is 5.88. The maximum Gasteiger partial charge on any atom is 0.246 e. The molecule has 0 fully saturated rings. The van der Waals surface area contributed by atoms with Crippen molar-refractivity contribution < 1.29 is 0 Å². The van der Waals surface area contributed by atoms with Crippen LogP contribution in [0.15, 0.2) is 42.5 Å². The zero-order chi connectivity index (χ0) is 14.2. The van der Waals surface area contributed by atoms with Crippen LogP contribution in [0.2, 0.25) is 0 Å². The second-order valence-electron chi connectivity index (χ2n) is 5.30. The SMILES string of the molecule is Nc1ccc2c(c1)CN(c1nnc3ccccc3n1)CC2. The van der Waals surface area contributed by atoms with Gasteiger partial charge in [0.25, 0.3) is 0 Å². The molecule has 2 heterocycles. The van der Waals surface area contributed by atoms with Crippen molar-refractivity contribution in [3.8, 4) is 0 Å². The number of hydrogen-bond donors (Lipinski definition) is 1. The fraction of sp³-hybridized carbons (Fsp3) is 0.188. The number of rotatable bonds is 1.